The van der Waals surface area contributed by atoms with Crippen molar-refractivity contribution in [3.05, 3.63) is 47.4 Å². The van der Waals surface area contributed by atoms with Gasteiger partial charge in [-0.05, 0) is 61.8 Å². The van der Waals surface area contributed by atoms with E-state index in [1.165, 1.54) is 6.07 Å². The number of imidazole rings is 1. The molecule has 5 rings (SSSR count). The number of nitrogens with one attached hydrogen (secondary N) is 1. The second-order valence-electron chi connectivity index (χ2n) is 9.32. The zero-order chi connectivity index (χ0) is 25.3. The van der Waals surface area contributed by atoms with E-state index in [2.05, 4.69) is 14.7 Å². The molecule has 36 heavy (non-hydrogen) atoms. The van der Waals surface area contributed by atoms with Crippen molar-refractivity contribution >= 4 is 22.8 Å². The van der Waals surface area contributed by atoms with E-state index < -0.39 is 12.1 Å². The number of halogens is 3. The maximum atomic E-state index is 13.0. The molecule has 0 bridgehead atoms. The number of alkyl halides is 3. The summed E-state index contributed by atoms with van der Waals surface area (Å²) in [5.74, 6) is 0.755. The van der Waals surface area contributed by atoms with Crippen molar-refractivity contribution in [1.29, 1.82) is 0 Å². The van der Waals surface area contributed by atoms with Gasteiger partial charge in [-0.1, -0.05) is 0 Å². The number of benzene rings is 1. The van der Waals surface area contributed by atoms with Crippen LogP contribution in [0, 0.1) is 0 Å². The summed E-state index contributed by atoms with van der Waals surface area (Å²) in [6.07, 6.45) is 1.41. The summed E-state index contributed by atoms with van der Waals surface area (Å²) in [6.45, 7) is 2.54. The molecule has 1 atom stereocenters. The molecule has 2 fully saturated rings. The minimum Gasteiger partial charge on any atom is -0.406 e. The van der Waals surface area contributed by atoms with Crippen LogP contribution < -0.4 is 10.5 Å². The van der Waals surface area contributed by atoms with Crippen LogP contribution in [0.4, 0.5) is 18.9 Å². The Morgan fingerprint density at radius 1 is 1.11 bits per heavy atom. The summed E-state index contributed by atoms with van der Waals surface area (Å²) in [4.78, 5) is 27.5. The highest BCUT2D eigenvalue weighted by atomic mass is 19.4. The summed E-state index contributed by atoms with van der Waals surface area (Å²) in [7, 11) is 0. The lowest BCUT2D eigenvalue weighted by molar-refractivity contribution is -0.274. The maximum Gasteiger partial charge on any atom is 0.573 e. The Balaban J connectivity index is 1.27. The number of fused-ring (bicyclic) bond motifs is 1. The minimum atomic E-state index is -4.82. The van der Waals surface area contributed by atoms with Crippen LogP contribution in [0.1, 0.15) is 65.7 Å². The SMILES string of the molecule is Nc1cc(OC(F)(F)F)ccc1C(=O)N1CCC(c2ccnc3nc([C@@H]4CCCOCC4)[nH]c23)CC1. The standard InChI is InChI=1S/C25H28F3N5O3/c26-25(27,28)36-17-3-4-19(20(29)14-17)24(34)33-10-6-15(7-11-33)18-5-9-30-23-21(18)31-22(32-23)16-2-1-12-35-13-8-16/h3-5,9,14-16H,1-2,6-8,10-13,29H2,(H,30,31,32)/t16-/m1/s1. The van der Waals surface area contributed by atoms with Crippen molar-refractivity contribution in [2.24, 2.45) is 0 Å². The first-order chi connectivity index (χ1) is 17.3. The molecule has 0 spiro atoms. The highest BCUT2D eigenvalue weighted by Crippen LogP contribution is 2.35. The second kappa shape index (κ2) is 9.96. The van der Waals surface area contributed by atoms with E-state index in [1.807, 2.05) is 6.07 Å². The summed E-state index contributed by atoms with van der Waals surface area (Å²) >= 11 is 0. The van der Waals surface area contributed by atoms with E-state index in [9.17, 15) is 18.0 Å². The summed E-state index contributed by atoms with van der Waals surface area (Å²) in [6, 6.07) is 5.42. The fourth-order valence-corrected chi connectivity index (χ4v) is 5.16. The number of aromatic amines is 1. The summed E-state index contributed by atoms with van der Waals surface area (Å²) in [5.41, 5.74) is 8.80. The molecule has 2 aliphatic rings. The number of carbonyl (C=O) groups is 1. The first kappa shape index (κ1) is 24.4. The van der Waals surface area contributed by atoms with Crippen LogP contribution in [-0.2, 0) is 4.74 Å². The van der Waals surface area contributed by atoms with E-state index in [0.29, 0.717) is 24.7 Å². The van der Waals surface area contributed by atoms with E-state index in [-0.39, 0.29) is 23.1 Å². The number of hydrogen-bond acceptors (Lipinski definition) is 6. The molecule has 0 radical (unpaired) electrons. The predicted octanol–water partition coefficient (Wildman–Crippen LogP) is 4.74. The van der Waals surface area contributed by atoms with Gasteiger partial charge in [-0.2, -0.15) is 0 Å². The van der Waals surface area contributed by atoms with Gasteiger partial charge < -0.3 is 25.1 Å². The third-order valence-electron chi connectivity index (χ3n) is 6.99. The number of nitrogen functional groups attached to an aromatic ring is 1. The normalized spacial score (nSPS) is 19.9. The van der Waals surface area contributed by atoms with Crippen LogP contribution in [0.15, 0.2) is 30.5 Å². The van der Waals surface area contributed by atoms with E-state index in [0.717, 1.165) is 74.4 Å². The van der Waals surface area contributed by atoms with Gasteiger partial charge in [0.05, 0.1) is 11.1 Å². The Morgan fingerprint density at radius 3 is 2.67 bits per heavy atom. The van der Waals surface area contributed by atoms with E-state index in [4.69, 9.17) is 15.5 Å². The Labute approximate surface area is 206 Å². The average molecular weight is 504 g/mol. The van der Waals surface area contributed by atoms with Crippen molar-refractivity contribution in [1.82, 2.24) is 19.9 Å². The van der Waals surface area contributed by atoms with E-state index >= 15 is 0 Å². The van der Waals surface area contributed by atoms with Gasteiger partial charge in [0.15, 0.2) is 5.65 Å². The molecule has 3 N–H and O–H groups in total. The molecule has 0 unspecified atom stereocenters. The van der Waals surface area contributed by atoms with Crippen LogP contribution in [0.5, 0.6) is 5.75 Å². The topological polar surface area (TPSA) is 106 Å². The van der Waals surface area contributed by atoms with Gasteiger partial charge in [-0.25, -0.2) is 9.97 Å². The number of rotatable bonds is 4. The number of nitrogens with two attached hydrogens (primary N) is 1. The molecule has 192 valence electrons. The number of nitrogens with zero attached hydrogens (tertiary/aromatic N) is 3. The average Bonchev–Trinajstić information content (AvgIpc) is 3.09. The number of aromatic nitrogens is 3. The largest absolute Gasteiger partial charge is 0.573 e. The smallest absolute Gasteiger partial charge is 0.406 e. The molecule has 2 saturated heterocycles. The molecule has 8 nitrogen and oxygen atoms in total. The monoisotopic (exact) mass is 503 g/mol. The molecule has 11 heteroatoms. The lowest BCUT2D eigenvalue weighted by Crippen LogP contribution is -2.38. The number of anilines is 1. The molecule has 3 aromatic rings. The van der Waals surface area contributed by atoms with Crippen LogP contribution >= 0.6 is 0 Å². The number of carbonyl (C=O) groups excluding carboxylic acids is 1. The third-order valence-corrected chi connectivity index (χ3v) is 6.99. The highest BCUT2D eigenvalue weighted by Gasteiger charge is 2.32. The molecule has 2 aromatic heterocycles. The molecule has 4 heterocycles. The molecule has 1 aromatic carbocycles. The fourth-order valence-electron chi connectivity index (χ4n) is 5.16. The number of hydrogen-bond donors (Lipinski definition) is 2. The van der Waals surface area contributed by atoms with Gasteiger partial charge >= 0.3 is 6.36 Å². The molecule has 0 saturated carbocycles. The van der Waals surface area contributed by atoms with Gasteiger partial charge in [-0.3, -0.25) is 4.79 Å². The number of pyridine rings is 1. The zero-order valence-electron chi connectivity index (χ0n) is 19.7. The number of piperidine rings is 1. The second-order valence-corrected chi connectivity index (χ2v) is 9.32. The van der Waals surface area contributed by atoms with Crippen molar-refractivity contribution in [3.63, 3.8) is 0 Å². The molecular weight excluding hydrogens is 475 g/mol. The Hall–Kier alpha value is -3.34. The highest BCUT2D eigenvalue weighted by molar-refractivity contribution is 5.99. The van der Waals surface area contributed by atoms with Crippen LogP contribution in [-0.4, -0.2) is 58.4 Å². The van der Waals surface area contributed by atoms with Gasteiger partial charge in [-0.15, -0.1) is 13.2 Å². The lowest BCUT2D eigenvalue weighted by atomic mass is 9.89. The molecular formula is C25H28F3N5O3. The van der Waals surface area contributed by atoms with Crippen LogP contribution in [0.3, 0.4) is 0 Å². The Kier molecular flexibility index (Phi) is 6.74. The Bertz CT molecular complexity index is 1230. The first-order valence-corrected chi connectivity index (χ1v) is 12.2. The Morgan fingerprint density at radius 2 is 1.92 bits per heavy atom. The number of amides is 1. The van der Waals surface area contributed by atoms with Crippen molar-refractivity contribution in [2.75, 3.05) is 32.0 Å². The number of ether oxygens (including phenoxy) is 2. The van der Waals surface area contributed by atoms with Crippen molar-refractivity contribution in [2.45, 2.75) is 50.3 Å². The lowest BCUT2D eigenvalue weighted by Gasteiger charge is -2.32. The third kappa shape index (κ3) is 5.25. The quantitative estimate of drug-likeness (QED) is 0.498. The predicted molar refractivity (Wildman–Crippen MR) is 127 cm³/mol. The van der Waals surface area contributed by atoms with Gasteiger partial charge in [0.2, 0.25) is 0 Å². The van der Waals surface area contributed by atoms with Gasteiger partial charge in [0.25, 0.3) is 5.91 Å². The first-order valence-electron chi connectivity index (χ1n) is 12.2. The van der Waals surface area contributed by atoms with Gasteiger partial charge in [0, 0.05) is 50.2 Å². The van der Waals surface area contributed by atoms with E-state index in [1.54, 1.807) is 11.1 Å². The van der Waals surface area contributed by atoms with Gasteiger partial charge in [0.1, 0.15) is 11.6 Å². The summed E-state index contributed by atoms with van der Waals surface area (Å²) in [5, 5.41) is 0. The van der Waals surface area contributed by atoms with Crippen molar-refractivity contribution < 1.29 is 27.4 Å². The fraction of sp³-hybridized carbons (Fsp3) is 0.480. The molecule has 1 amide bonds. The number of likely N-dealkylation sites (tertiary alicyclic amines) is 1. The minimum absolute atomic E-state index is 0.0476. The van der Waals surface area contributed by atoms with Crippen LogP contribution in [0.25, 0.3) is 11.2 Å². The molecule has 2 aliphatic heterocycles. The summed E-state index contributed by atoms with van der Waals surface area (Å²) < 4.78 is 46.8. The van der Waals surface area contributed by atoms with Crippen molar-refractivity contribution in [3.8, 4) is 5.75 Å². The van der Waals surface area contributed by atoms with Crippen LogP contribution in [0.2, 0.25) is 0 Å². The maximum absolute atomic E-state index is 13.0. The zero-order valence-corrected chi connectivity index (χ0v) is 19.7. The molecule has 0 aliphatic carbocycles. The number of H-pyrrole nitrogens is 1.